The average Bonchev–Trinajstić information content (AvgIpc) is 3.13. The zero-order valence-electron chi connectivity index (χ0n) is 12.7. The van der Waals surface area contributed by atoms with E-state index in [1.54, 1.807) is 21.7 Å². The Hall–Kier alpha value is -2.28. The molecule has 1 aliphatic heterocycles. The molecule has 4 rings (SSSR count). The summed E-state index contributed by atoms with van der Waals surface area (Å²) in [6.07, 6.45) is 2.81. The van der Waals surface area contributed by atoms with Crippen molar-refractivity contribution in [2.24, 2.45) is 5.73 Å². The summed E-state index contributed by atoms with van der Waals surface area (Å²) in [5.74, 6) is -0.191. The van der Waals surface area contributed by atoms with Crippen LogP contribution < -0.4 is 5.73 Å². The van der Waals surface area contributed by atoms with Crippen molar-refractivity contribution < 1.29 is 9.18 Å². The van der Waals surface area contributed by atoms with Gasteiger partial charge in [-0.2, -0.15) is 0 Å². The normalized spacial score (nSPS) is 21.0. The molecule has 0 radical (unpaired) electrons. The summed E-state index contributed by atoms with van der Waals surface area (Å²) < 4.78 is 15.1. The van der Waals surface area contributed by atoms with Crippen molar-refractivity contribution in [1.29, 1.82) is 0 Å². The molecule has 1 aromatic carbocycles. The van der Waals surface area contributed by atoms with Crippen molar-refractivity contribution in [2.45, 2.75) is 31.2 Å². The maximum atomic E-state index is 13.5. The van der Waals surface area contributed by atoms with Crippen LogP contribution in [0.3, 0.4) is 0 Å². The third-order valence-electron chi connectivity index (χ3n) is 4.44. The highest BCUT2D eigenvalue weighted by Crippen LogP contribution is 2.42. The highest BCUT2D eigenvalue weighted by atomic mass is 19.1. The molecule has 1 saturated carbocycles. The minimum atomic E-state index is -0.335. The zero-order valence-corrected chi connectivity index (χ0v) is 12.7. The van der Waals surface area contributed by atoms with Gasteiger partial charge in [-0.15, -0.1) is 5.10 Å². The van der Waals surface area contributed by atoms with E-state index in [0.717, 1.165) is 25.0 Å². The summed E-state index contributed by atoms with van der Waals surface area (Å²) in [5, 5.41) is 8.23. The number of carbonyl (C=O) groups excluding carboxylic acids is 1. The van der Waals surface area contributed by atoms with Crippen LogP contribution in [0.4, 0.5) is 4.39 Å². The maximum Gasteiger partial charge on any atom is 0.276 e. The summed E-state index contributed by atoms with van der Waals surface area (Å²) in [7, 11) is 0. The van der Waals surface area contributed by atoms with E-state index in [1.807, 2.05) is 0 Å². The number of hydrogen-bond acceptors (Lipinski definition) is 4. The van der Waals surface area contributed by atoms with Crippen LogP contribution in [0.5, 0.6) is 0 Å². The summed E-state index contributed by atoms with van der Waals surface area (Å²) in [5.41, 5.74) is 7.65. The molecule has 2 aromatic rings. The lowest BCUT2D eigenvalue weighted by Crippen LogP contribution is -2.32. The van der Waals surface area contributed by atoms with Crippen molar-refractivity contribution in [2.75, 3.05) is 13.1 Å². The summed E-state index contributed by atoms with van der Waals surface area (Å²) in [6, 6.07) is 6.21. The van der Waals surface area contributed by atoms with Crippen LogP contribution in [-0.4, -0.2) is 44.9 Å². The molecule has 2 fully saturated rings. The highest BCUT2D eigenvalue weighted by Gasteiger charge is 2.36. The van der Waals surface area contributed by atoms with Crippen molar-refractivity contribution in [3.05, 3.63) is 41.5 Å². The quantitative estimate of drug-likeness (QED) is 0.930. The Bertz CT molecular complexity index is 755. The van der Waals surface area contributed by atoms with Crippen LogP contribution in [0.15, 0.2) is 24.3 Å². The van der Waals surface area contributed by atoms with Crippen LogP contribution >= 0.6 is 0 Å². The first-order valence-corrected chi connectivity index (χ1v) is 7.90. The van der Waals surface area contributed by atoms with Crippen LogP contribution in [0.2, 0.25) is 0 Å². The summed E-state index contributed by atoms with van der Waals surface area (Å²) in [6.45, 7) is 1.20. The van der Waals surface area contributed by atoms with Crippen LogP contribution in [0.25, 0.3) is 5.69 Å². The summed E-state index contributed by atoms with van der Waals surface area (Å²) >= 11 is 0. The van der Waals surface area contributed by atoms with Crippen molar-refractivity contribution >= 4 is 5.91 Å². The van der Waals surface area contributed by atoms with Gasteiger partial charge in [-0.3, -0.25) is 4.79 Å². The van der Waals surface area contributed by atoms with Gasteiger partial charge in [-0.25, -0.2) is 9.07 Å². The molecule has 2 N–H and O–H groups in total. The second-order valence-corrected chi connectivity index (χ2v) is 6.29. The second-order valence-electron chi connectivity index (χ2n) is 6.29. The minimum Gasteiger partial charge on any atom is -0.336 e. The molecule has 23 heavy (non-hydrogen) atoms. The minimum absolute atomic E-state index is 0.0292. The van der Waals surface area contributed by atoms with Gasteiger partial charge in [0.1, 0.15) is 5.82 Å². The lowest BCUT2D eigenvalue weighted by Gasteiger charge is -2.15. The van der Waals surface area contributed by atoms with E-state index in [1.165, 1.54) is 12.1 Å². The van der Waals surface area contributed by atoms with Crippen LogP contribution in [0.1, 0.15) is 41.4 Å². The van der Waals surface area contributed by atoms with E-state index in [2.05, 4.69) is 10.3 Å². The Morgan fingerprint density at radius 2 is 2.13 bits per heavy atom. The molecule has 0 spiro atoms. The first-order valence-electron chi connectivity index (χ1n) is 7.90. The Kier molecular flexibility index (Phi) is 3.37. The van der Waals surface area contributed by atoms with Gasteiger partial charge in [0, 0.05) is 25.0 Å². The molecule has 6 nitrogen and oxygen atoms in total. The lowest BCUT2D eigenvalue weighted by molar-refractivity contribution is 0.0783. The molecular weight excluding hydrogens is 297 g/mol. The molecular formula is C16H18FN5O. The highest BCUT2D eigenvalue weighted by molar-refractivity contribution is 5.94. The van der Waals surface area contributed by atoms with Gasteiger partial charge in [0.15, 0.2) is 5.69 Å². The first kappa shape index (κ1) is 14.3. The monoisotopic (exact) mass is 315 g/mol. The van der Waals surface area contributed by atoms with Gasteiger partial charge in [0.25, 0.3) is 5.91 Å². The van der Waals surface area contributed by atoms with E-state index < -0.39 is 0 Å². The summed E-state index contributed by atoms with van der Waals surface area (Å²) in [4.78, 5) is 14.5. The average molecular weight is 315 g/mol. The lowest BCUT2D eigenvalue weighted by atomic mass is 10.2. The van der Waals surface area contributed by atoms with Gasteiger partial charge in [-0.05, 0) is 37.5 Å². The van der Waals surface area contributed by atoms with Gasteiger partial charge < -0.3 is 10.6 Å². The first-order chi connectivity index (χ1) is 11.1. The number of aromatic nitrogens is 3. The molecule has 1 aromatic heterocycles. The number of nitrogens with two attached hydrogens (primary N) is 1. The van der Waals surface area contributed by atoms with Crippen molar-refractivity contribution in [3.8, 4) is 5.69 Å². The number of benzene rings is 1. The van der Waals surface area contributed by atoms with Gasteiger partial charge in [-0.1, -0.05) is 11.3 Å². The van der Waals surface area contributed by atoms with E-state index in [0.29, 0.717) is 24.5 Å². The number of rotatable bonds is 3. The fourth-order valence-corrected chi connectivity index (χ4v) is 3.08. The number of nitrogens with zero attached hydrogens (tertiary/aromatic N) is 4. The van der Waals surface area contributed by atoms with Crippen LogP contribution in [0, 0.1) is 5.82 Å². The fourth-order valence-electron chi connectivity index (χ4n) is 3.08. The zero-order chi connectivity index (χ0) is 16.0. The topological polar surface area (TPSA) is 77.0 Å². The molecule has 1 amide bonds. The Labute approximate surface area is 133 Å². The standard InChI is InChI=1S/C16H18FN5O/c17-11-2-1-3-13(8-11)22-15(10-4-5-10)14(19-20-22)16(23)21-7-6-12(18)9-21/h1-3,8,10,12H,4-7,9,18H2/t12-/m1/s1. The molecule has 2 aliphatic rings. The maximum absolute atomic E-state index is 13.5. The van der Waals surface area contributed by atoms with Crippen molar-refractivity contribution in [1.82, 2.24) is 19.9 Å². The molecule has 2 heterocycles. The van der Waals surface area contributed by atoms with Crippen LogP contribution in [-0.2, 0) is 0 Å². The van der Waals surface area contributed by atoms with E-state index in [9.17, 15) is 9.18 Å². The smallest absolute Gasteiger partial charge is 0.276 e. The fraction of sp³-hybridized carbons (Fsp3) is 0.438. The number of likely N-dealkylation sites (tertiary alicyclic amines) is 1. The Balaban J connectivity index is 1.72. The molecule has 120 valence electrons. The molecule has 0 bridgehead atoms. The number of amides is 1. The number of carbonyl (C=O) groups is 1. The molecule has 1 saturated heterocycles. The Morgan fingerprint density at radius 1 is 1.30 bits per heavy atom. The predicted molar refractivity (Wildman–Crippen MR) is 81.8 cm³/mol. The molecule has 1 atom stereocenters. The van der Waals surface area contributed by atoms with Crippen molar-refractivity contribution in [3.63, 3.8) is 0 Å². The SMILES string of the molecule is N[C@@H]1CCN(C(=O)c2nnn(-c3cccc(F)c3)c2C2CC2)C1. The molecule has 7 heteroatoms. The number of halogens is 1. The van der Waals surface area contributed by atoms with E-state index in [-0.39, 0.29) is 23.7 Å². The number of hydrogen-bond donors (Lipinski definition) is 1. The molecule has 1 aliphatic carbocycles. The molecule has 0 unspecified atom stereocenters. The van der Waals surface area contributed by atoms with Gasteiger partial charge in [0.05, 0.1) is 11.4 Å². The Morgan fingerprint density at radius 3 is 2.78 bits per heavy atom. The van der Waals surface area contributed by atoms with E-state index >= 15 is 0 Å². The third-order valence-corrected chi connectivity index (χ3v) is 4.44. The third kappa shape index (κ3) is 2.61. The van der Waals surface area contributed by atoms with Gasteiger partial charge >= 0.3 is 0 Å². The van der Waals surface area contributed by atoms with E-state index in [4.69, 9.17) is 5.73 Å². The van der Waals surface area contributed by atoms with Gasteiger partial charge in [0.2, 0.25) is 0 Å². The predicted octanol–water partition coefficient (Wildman–Crippen LogP) is 1.46. The largest absolute Gasteiger partial charge is 0.336 e. The second kappa shape index (κ2) is 5.42.